The average molecular weight is 503 g/mol. The van der Waals surface area contributed by atoms with Gasteiger partial charge in [0.05, 0.1) is 19.1 Å². The zero-order valence-corrected chi connectivity index (χ0v) is 19.7. The van der Waals surface area contributed by atoms with E-state index in [2.05, 4.69) is 5.32 Å². The Morgan fingerprint density at radius 2 is 1.59 bits per heavy atom. The molecule has 0 unspecified atom stereocenters. The van der Waals surface area contributed by atoms with Crippen LogP contribution in [-0.2, 0) is 19.1 Å². The molecule has 1 aliphatic heterocycles. The molecule has 4 rings (SSSR count). The highest BCUT2D eigenvalue weighted by Gasteiger charge is 2.63. The smallest absolute Gasteiger partial charge is 0.358 e. The number of methoxy groups -OCH3 is 2. The molecule has 11 heteroatoms. The van der Waals surface area contributed by atoms with E-state index in [0.717, 1.165) is 12.0 Å². The number of non-ortho nitro benzene ring substituents is 1. The number of ether oxygens (including phenoxy) is 2. The molecule has 3 aromatic rings. The molecule has 0 bridgehead atoms. The number of nitrogens with one attached hydrogen (secondary N) is 1. The van der Waals surface area contributed by atoms with Crippen molar-refractivity contribution in [3.8, 4) is 5.75 Å². The van der Waals surface area contributed by atoms with Crippen LogP contribution >= 0.6 is 0 Å². The number of carbonyl (C=O) groups is 3. The van der Waals surface area contributed by atoms with E-state index >= 15 is 0 Å². The first kappa shape index (κ1) is 24.9. The molecule has 37 heavy (non-hydrogen) atoms. The van der Waals surface area contributed by atoms with E-state index in [4.69, 9.17) is 9.47 Å². The predicted octanol–water partition coefficient (Wildman–Crippen LogP) is 3.47. The molecule has 1 aliphatic rings. The first-order valence-electron chi connectivity index (χ1n) is 10.9. The molecule has 1 saturated heterocycles. The molecule has 11 nitrogen and oxygen atoms in total. The number of carbonyl (C=O) groups excluding carboxylic acids is 3. The Kier molecular flexibility index (Phi) is 6.61. The quantitative estimate of drug-likeness (QED) is 0.123. The highest BCUT2D eigenvalue weighted by molar-refractivity contribution is 6.54. The van der Waals surface area contributed by atoms with Gasteiger partial charge in [-0.05, 0) is 36.4 Å². The Labute approximate surface area is 210 Å². The molecule has 0 aromatic heterocycles. The van der Waals surface area contributed by atoms with E-state index < -0.39 is 39.6 Å². The lowest BCUT2D eigenvalue weighted by Gasteiger charge is -2.37. The number of hydrogen-bond donors (Lipinski definition) is 2. The fraction of sp³-hybridized carbons (Fsp3) is 0.115. The minimum Gasteiger partial charge on any atom is -0.507 e. The SMILES string of the molecule is COC(=O)[C@]1(Nc2ccc([N+](=O)[O-])cc2)C(=C(O)c2ccccc2)C(=O)C(=O)N1c1ccc(OC)cc1. The van der Waals surface area contributed by atoms with Gasteiger partial charge in [-0.25, -0.2) is 4.79 Å². The third-order valence-corrected chi connectivity index (χ3v) is 5.82. The Bertz CT molecular complexity index is 1400. The molecule has 188 valence electrons. The summed E-state index contributed by atoms with van der Waals surface area (Å²) in [5.74, 6) is -3.50. The van der Waals surface area contributed by atoms with Gasteiger partial charge in [0.15, 0.2) is 0 Å². The van der Waals surface area contributed by atoms with E-state index in [1.54, 1.807) is 18.2 Å². The summed E-state index contributed by atoms with van der Waals surface area (Å²) in [4.78, 5) is 51.8. The van der Waals surface area contributed by atoms with E-state index in [1.807, 2.05) is 0 Å². The zero-order chi connectivity index (χ0) is 26.7. The molecule has 2 N–H and O–H groups in total. The van der Waals surface area contributed by atoms with Crippen LogP contribution in [0, 0.1) is 10.1 Å². The highest BCUT2D eigenvalue weighted by atomic mass is 16.6. The summed E-state index contributed by atoms with van der Waals surface area (Å²) in [5.41, 5.74) is -2.72. The molecular weight excluding hydrogens is 482 g/mol. The average Bonchev–Trinajstić information content (AvgIpc) is 3.15. The fourth-order valence-corrected chi connectivity index (χ4v) is 4.08. The van der Waals surface area contributed by atoms with Gasteiger partial charge >= 0.3 is 11.9 Å². The zero-order valence-electron chi connectivity index (χ0n) is 19.7. The molecule has 0 saturated carbocycles. The van der Waals surface area contributed by atoms with Gasteiger partial charge in [-0.3, -0.25) is 24.6 Å². The second kappa shape index (κ2) is 9.82. The van der Waals surface area contributed by atoms with Crippen molar-refractivity contribution in [2.75, 3.05) is 24.4 Å². The largest absolute Gasteiger partial charge is 0.507 e. The number of benzene rings is 3. The molecule has 0 radical (unpaired) electrons. The van der Waals surface area contributed by atoms with E-state index in [1.165, 1.54) is 67.8 Å². The molecule has 0 spiro atoms. The van der Waals surface area contributed by atoms with Crippen molar-refractivity contribution in [3.05, 3.63) is 100 Å². The molecule has 3 aromatic carbocycles. The van der Waals surface area contributed by atoms with E-state index in [9.17, 15) is 29.6 Å². The molecule has 1 fully saturated rings. The standard InChI is InChI=1S/C26H21N3O8/c1-36-20-14-12-18(13-15-20)28-24(32)23(31)21(22(30)16-6-4-3-5-7-16)26(28,25(33)37-2)27-17-8-10-19(11-9-17)29(34)35/h3-15,27,30H,1-2H3/t26-/m0/s1. The summed E-state index contributed by atoms with van der Waals surface area (Å²) in [5, 5.41) is 25.2. The number of Topliss-reactive ketones (excluding diaryl/α,β-unsaturated/α-hetero) is 1. The number of anilines is 2. The maximum absolute atomic E-state index is 13.6. The molecule has 1 amide bonds. The lowest BCUT2D eigenvalue weighted by atomic mass is 9.94. The van der Waals surface area contributed by atoms with Crippen LogP contribution in [0.25, 0.3) is 5.76 Å². The first-order chi connectivity index (χ1) is 17.7. The first-order valence-corrected chi connectivity index (χ1v) is 10.9. The van der Waals surface area contributed by atoms with Gasteiger partial charge in [-0.2, -0.15) is 0 Å². The van der Waals surface area contributed by atoms with Crippen molar-refractivity contribution >= 4 is 40.5 Å². The summed E-state index contributed by atoms with van der Waals surface area (Å²) in [6.45, 7) is 0. The van der Waals surface area contributed by atoms with Crippen molar-refractivity contribution in [1.82, 2.24) is 0 Å². The van der Waals surface area contributed by atoms with Gasteiger partial charge in [0.1, 0.15) is 17.1 Å². The van der Waals surface area contributed by atoms with Crippen molar-refractivity contribution in [3.63, 3.8) is 0 Å². The van der Waals surface area contributed by atoms with Crippen LogP contribution in [0.4, 0.5) is 17.1 Å². The Morgan fingerprint density at radius 1 is 0.973 bits per heavy atom. The van der Waals surface area contributed by atoms with Crippen LogP contribution in [-0.4, -0.2) is 47.6 Å². The number of rotatable bonds is 7. The van der Waals surface area contributed by atoms with Crippen LogP contribution < -0.4 is 15.0 Å². The van der Waals surface area contributed by atoms with Crippen LogP contribution in [0.2, 0.25) is 0 Å². The summed E-state index contributed by atoms with van der Waals surface area (Å²) in [7, 11) is 2.52. The van der Waals surface area contributed by atoms with Crippen LogP contribution in [0.5, 0.6) is 5.75 Å². The van der Waals surface area contributed by atoms with Gasteiger partial charge in [0, 0.05) is 29.1 Å². The van der Waals surface area contributed by atoms with Crippen LogP contribution in [0.15, 0.2) is 84.4 Å². The number of aliphatic hydroxyl groups excluding tert-OH is 1. The van der Waals surface area contributed by atoms with Crippen LogP contribution in [0.3, 0.4) is 0 Å². The van der Waals surface area contributed by atoms with Gasteiger partial charge in [-0.1, -0.05) is 30.3 Å². The lowest BCUT2D eigenvalue weighted by molar-refractivity contribution is -0.384. The number of aliphatic hydroxyl groups is 1. The molecule has 1 heterocycles. The summed E-state index contributed by atoms with van der Waals surface area (Å²) in [6.07, 6.45) is 0. The number of amides is 1. The molecule has 1 atom stereocenters. The highest BCUT2D eigenvalue weighted by Crippen LogP contribution is 2.42. The number of nitrogens with zero attached hydrogens (tertiary/aromatic N) is 2. The van der Waals surface area contributed by atoms with Crippen molar-refractivity contribution in [2.45, 2.75) is 5.66 Å². The second-order valence-electron chi connectivity index (χ2n) is 7.89. The Hall–Kier alpha value is -5.19. The summed E-state index contributed by atoms with van der Waals surface area (Å²) in [6, 6.07) is 18.9. The third kappa shape index (κ3) is 4.22. The maximum atomic E-state index is 13.6. The minimum absolute atomic E-state index is 0.120. The van der Waals surface area contributed by atoms with E-state index in [-0.39, 0.29) is 22.6 Å². The van der Waals surface area contributed by atoms with Crippen molar-refractivity contribution in [1.29, 1.82) is 0 Å². The number of nitro groups is 1. The maximum Gasteiger partial charge on any atom is 0.358 e. The lowest BCUT2D eigenvalue weighted by Crippen LogP contribution is -2.59. The Morgan fingerprint density at radius 3 is 2.14 bits per heavy atom. The summed E-state index contributed by atoms with van der Waals surface area (Å²) >= 11 is 0. The topological polar surface area (TPSA) is 148 Å². The van der Waals surface area contributed by atoms with E-state index in [0.29, 0.717) is 5.75 Å². The number of ketones is 1. The monoisotopic (exact) mass is 503 g/mol. The second-order valence-corrected chi connectivity index (χ2v) is 7.89. The third-order valence-electron chi connectivity index (χ3n) is 5.82. The normalized spacial score (nSPS) is 18.4. The number of esters is 1. The number of hydrogen-bond acceptors (Lipinski definition) is 9. The molecular formula is C26H21N3O8. The number of nitro benzene ring substituents is 1. The van der Waals surface area contributed by atoms with Gasteiger partial charge in [-0.15, -0.1) is 0 Å². The van der Waals surface area contributed by atoms with Crippen molar-refractivity contribution < 1.29 is 33.9 Å². The predicted molar refractivity (Wildman–Crippen MR) is 133 cm³/mol. The van der Waals surface area contributed by atoms with Gasteiger partial charge < -0.3 is 19.9 Å². The minimum atomic E-state index is -2.37. The Balaban J connectivity index is 2.01. The van der Waals surface area contributed by atoms with Crippen LogP contribution in [0.1, 0.15) is 5.56 Å². The van der Waals surface area contributed by atoms with Crippen molar-refractivity contribution in [2.24, 2.45) is 0 Å². The van der Waals surface area contributed by atoms with Gasteiger partial charge in [0.25, 0.3) is 17.1 Å². The van der Waals surface area contributed by atoms with Gasteiger partial charge in [0.2, 0.25) is 0 Å². The summed E-state index contributed by atoms with van der Waals surface area (Å²) < 4.78 is 10.2. The molecule has 0 aliphatic carbocycles. The fourth-order valence-electron chi connectivity index (χ4n) is 4.08.